The molecule has 3 rings (SSSR count). The van der Waals surface area contributed by atoms with Crippen molar-refractivity contribution in [1.82, 2.24) is 0 Å². The second-order valence-electron chi connectivity index (χ2n) is 5.05. The number of nitriles is 1. The van der Waals surface area contributed by atoms with Crippen molar-refractivity contribution in [2.45, 2.75) is 12.2 Å². The summed E-state index contributed by atoms with van der Waals surface area (Å²) >= 11 is -0.236. The maximum absolute atomic E-state index is 12.4. The number of nitrogens with zero attached hydrogens (tertiary/aromatic N) is 1. The Morgan fingerprint density at radius 3 is 2.41 bits per heavy atom. The summed E-state index contributed by atoms with van der Waals surface area (Å²) in [5.74, 6) is -2.96. The van der Waals surface area contributed by atoms with Gasteiger partial charge in [0.05, 0.1) is 0 Å². The van der Waals surface area contributed by atoms with Crippen molar-refractivity contribution in [3.05, 3.63) is 36.4 Å². The van der Waals surface area contributed by atoms with Crippen LogP contribution in [0.4, 0.5) is 5.69 Å². The van der Waals surface area contributed by atoms with E-state index in [-0.39, 0.29) is 20.9 Å². The Kier molecular flexibility index (Phi) is 3.99. The van der Waals surface area contributed by atoms with Gasteiger partial charge in [-0.05, 0) is 0 Å². The Labute approximate surface area is 132 Å². The molecule has 1 saturated heterocycles. The molecular weight excluding hydrogens is 351 g/mol. The Hall–Kier alpha value is -2.13. The van der Waals surface area contributed by atoms with E-state index in [0.717, 1.165) is 4.46 Å². The van der Waals surface area contributed by atoms with Crippen LogP contribution in [-0.2, 0) is 14.3 Å². The van der Waals surface area contributed by atoms with Gasteiger partial charge < -0.3 is 0 Å². The average molecular weight is 363 g/mol. The number of hydrogen-bond acceptors (Lipinski definition) is 4. The second kappa shape index (κ2) is 5.93. The Morgan fingerprint density at radius 1 is 1.18 bits per heavy atom. The molecule has 112 valence electrons. The molecule has 1 amide bonds. The average Bonchev–Trinajstić information content (AvgIpc) is 3.10. The number of hydrogen-bond donors (Lipinski definition) is 2. The standard InChI is InChI=1S/C15H12N2O4Se/c16-7-22-9-3-1-8(2-4-9)17-14(18)12-10-5-6-11(21-10)13(12)15(19)20/h1-6,10-13H,(H,17,18)(H,19,20). The summed E-state index contributed by atoms with van der Waals surface area (Å²) in [7, 11) is 0. The molecule has 0 radical (unpaired) electrons. The molecule has 6 nitrogen and oxygen atoms in total. The van der Waals surface area contributed by atoms with Gasteiger partial charge in [0, 0.05) is 0 Å². The van der Waals surface area contributed by atoms with E-state index in [1.165, 1.54) is 0 Å². The number of rotatable bonds is 4. The van der Waals surface area contributed by atoms with Crippen molar-refractivity contribution < 1.29 is 19.4 Å². The Bertz CT molecular complexity index is 680. The van der Waals surface area contributed by atoms with Crippen molar-refractivity contribution in [3.63, 3.8) is 0 Å². The van der Waals surface area contributed by atoms with E-state index in [1.54, 1.807) is 36.4 Å². The van der Waals surface area contributed by atoms with Crippen LogP contribution in [0, 0.1) is 22.1 Å². The molecule has 0 spiro atoms. The van der Waals surface area contributed by atoms with Crippen LogP contribution < -0.4 is 9.78 Å². The molecule has 0 aromatic heterocycles. The van der Waals surface area contributed by atoms with Gasteiger partial charge >= 0.3 is 132 Å². The van der Waals surface area contributed by atoms with Crippen molar-refractivity contribution in [2.75, 3.05) is 5.32 Å². The molecule has 22 heavy (non-hydrogen) atoms. The molecule has 1 aromatic carbocycles. The maximum atomic E-state index is 12.4. The first-order valence-electron chi connectivity index (χ1n) is 6.63. The Balaban J connectivity index is 1.73. The van der Waals surface area contributed by atoms with Gasteiger partial charge in [-0.15, -0.1) is 0 Å². The van der Waals surface area contributed by atoms with Gasteiger partial charge in [0.1, 0.15) is 0 Å². The number of anilines is 1. The summed E-state index contributed by atoms with van der Waals surface area (Å²) in [6, 6.07) is 6.99. The van der Waals surface area contributed by atoms with Gasteiger partial charge in [-0.1, -0.05) is 0 Å². The third-order valence-corrected chi connectivity index (χ3v) is 5.03. The molecule has 0 saturated carbocycles. The van der Waals surface area contributed by atoms with Crippen LogP contribution in [0.3, 0.4) is 0 Å². The van der Waals surface area contributed by atoms with Crippen LogP contribution in [0.5, 0.6) is 0 Å². The van der Waals surface area contributed by atoms with Gasteiger partial charge in [-0.2, -0.15) is 0 Å². The van der Waals surface area contributed by atoms with Crippen LogP contribution in [-0.4, -0.2) is 44.1 Å². The topological polar surface area (TPSA) is 99.4 Å². The number of fused-ring (bicyclic) bond motifs is 2. The number of benzene rings is 1. The molecule has 2 N–H and O–H groups in total. The van der Waals surface area contributed by atoms with Crippen molar-refractivity contribution in [3.8, 4) is 4.97 Å². The van der Waals surface area contributed by atoms with E-state index in [4.69, 9.17) is 10.00 Å². The monoisotopic (exact) mass is 364 g/mol. The molecule has 2 bridgehead atoms. The van der Waals surface area contributed by atoms with E-state index < -0.39 is 30.0 Å². The Morgan fingerprint density at radius 2 is 1.82 bits per heavy atom. The number of carbonyl (C=O) groups is 2. The SMILES string of the molecule is N#C[Se]c1ccc(NC(=O)C2C3C=CC(O3)C2C(=O)O)cc1. The normalized spacial score (nSPS) is 28.3. The summed E-state index contributed by atoms with van der Waals surface area (Å²) in [5.41, 5.74) is 0.582. The summed E-state index contributed by atoms with van der Waals surface area (Å²) in [4.78, 5) is 25.9. The van der Waals surface area contributed by atoms with Crippen LogP contribution in [0.1, 0.15) is 0 Å². The number of nitrogens with one attached hydrogen (secondary N) is 1. The molecule has 2 heterocycles. The van der Waals surface area contributed by atoms with Crippen molar-refractivity contribution in [2.24, 2.45) is 11.8 Å². The number of carbonyl (C=O) groups excluding carboxylic acids is 1. The van der Waals surface area contributed by atoms with Crippen LogP contribution in [0.2, 0.25) is 0 Å². The van der Waals surface area contributed by atoms with Gasteiger partial charge in [0.15, 0.2) is 0 Å². The van der Waals surface area contributed by atoms with Gasteiger partial charge in [-0.25, -0.2) is 0 Å². The predicted octanol–water partition coefficient (Wildman–Crippen LogP) is 0.0899. The molecule has 2 aliphatic rings. The molecule has 4 unspecified atom stereocenters. The number of amides is 1. The summed E-state index contributed by atoms with van der Waals surface area (Å²) in [6.07, 6.45) is 2.44. The van der Waals surface area contributed by atoms with E-state index in [1.807, 2.05) is 0 Å². The fourth-order valence-electron chi connectivity index (χ4n) is 2.80. The molecule has 4 atom stereocenters. The first-order chi connectivity index (χ1) is 10.6. The van der Waals surface area contributed by atoms with Crippen molar-refractivity contribution in [1.29, 1.82) is 5.26 Å². The van der Waals surface area contributed by atoms with Crippen molar-refractivity contribution >= 4 is 37.0 Å². The zero-order valence-corrected chi connectivity index (χ0v) is 13.0. The van der Waals surface area contributed by atoms with E-state index in [9.17, 15) is 14.7 Å². The number of aliphatic carboxylic acids is 1. The second-order valence-corrected chi connectivity index (χ2v) is 6.85. The molecular formula is C15H12N2O4Se. The predicted molar refractivity (Wildman–Crippen MR) is 78.5 cm³/mol. The molecule has 1 aromatic rings. The van der Waals surface area contributed by atoms with Gasteiger partial charge in [0.2, 0.25) is 0 Å². The van der Waals surface area contributed by atoms with Crippen LogP contribution >= 0.6 is 0 Å². The minimum absolute atomic E-state index is 0.236. The van der Waals surface area contributed by atoms with Crippen LogP contribution in [0.25, 0.3) is 0 Å². The van der Waals surface area contributed by atoms with E-state index in [0.29, 0.717) is 5.69 Å². The molecule has 7 heteroatoms. The number of carboxylic acids is 1. The third kappa shape index (κ3) is 2.64. The molecule has 2 aliphatic heterocycles. The first kappa shape index (κ1) is 14.8. The zero-order chi connectivity index (χ0) is 15.7. The van der Waals surface area contributed by atoms with Gasteiger partial charge in [-0.3, -0.25) is 0 Å². The fraction of sp³-hybridized carbons (Fsp3) is 0.267. The van der Waals surface area contributed by atoms with E-state index in [2.05, 4.69) is 10.3 Å². The zero-order valence-electron chi connectivity index (χ0n) is 11.3. The fourth-order valence-corrected chi connectivity index (χ4v) is 3.59. The third-order valence-electron chi connectivity index (χ3n) is 3.77. The summed E-state index contributed by atoms with van der Waals surface area (Å²) in [6.45, 7) is 0. The molecule has 0 aliphatic carbocycles. The number of carboxylic acid groups (broad SMARTS) is 1. The van der Waals surface area contributed by atoms with Crippen LogP contribution in [0.15, 0.2) is 36.4 Å². The minimum atomic E-state index is -1.02. The van der Waals surface area contributed by atoms with E-state index >= 15 is 0 Å². The van der Waals surface area contributed by atoms with Gasteiger partial charge in [0.25, 0.3) is 0 Å². The first-order valence-corrected chi connectivity index (χ1v) is 8.35. The quantitative estimate of drug-likeness (QED) is 0.584. The summed E-state index contributed by atoms with van der Waals surface area (Å²) < 4.78 is 6.40. The number of ether oxygens (including phenoxy) is 1. The summed E-state index contributed by atoms with van der Waals surface area (Å²) in [5, 5.41) is 20.7. The molecule has 1 fully saturated rings.